The highest BCUT2D eigenvalue weighted by Crippen LogP contribution is 2.34. The van der Waals surface area contributed by atoms with Crippen LogP contribution in [-0.2, 0) is 15.8 Å². The first-order valence-electron chi connectivity index (χ1n) is 8.52. The molecule has 1 unspecified atom stereocenters. The minimum Gasteiger partial charge on any atom is -0.497 e. The maximum absolute atomic E-state index is 12.9. The van der Waals surface area contributed by atoms with Crippen LogP contribution < -0.4 is 15.4 Å². The normalized spacial score (nSPS) is 17.5. The van der Waals surface area contributed by atoms with Crippen LogP contribution in [0.4, 0.5) is 24.5 Å². The van der Waals surface area contributed by atoms with Gasteiger partial charge in [0.15, 0.2) is 5.17 Å². The minimum absolute atomic E-state index is 0. The zero-order valence-corrected chi connectivity index (χ0v) is 18.2. The van der Waals surface area contributed by atoms with E-state index < -0.39 is 28.8 Å². The molecule has 2 aromatic rings. The number of benzene rings is 2. The zero-order valence-electron chi connectivity index (χ0n) is 15.8. The van der Waals surface area contributed by atoms with E-state index in [2.05, 4.69) is 15.6 Å². The predicted molar refractivity (Wildman–Crippen MR) is 117 cm³/mol. The summed E-state index contributed by atoms with van der Waals surface area (Å²) in [4.78, 5) is 28.9. The monoisotopic (exact) mass is 493 g/mol. The fraction of sp³-hybridized carbons (Fsp3) is 0.211. The van der Waals surface area contributed by atoms with Crippen molar-refractivity contribution in [2.75, 3.05) is 12.4 Å². The Morgan fingerprint density at radius 3 is 2.55 bits per heavy atom. The van der Waals surface area contributed by atoms with E-state index in [9.17, 15) is 22.8 Å². The first kappa shape index (κ1) is 24.8. The number of nitrogens with zero attached hydrogens (tertiary/aromatic N) is 1. The van der Waals surface area contributed by atoms with Gasteiger partial charge in [-0.05, 0) is 42.5 Å². The molecular weight excluding hydrogens is 478 g/mol. The second kappa shape index (κ2) is 10.3. The smallest absolute Gasteiger partial charge is 0.416 e. The van der Waals surface area contributed by atoms with Gasteiger partial charge in [0.25, 0.3) is 0 Å². The Bertz CT molecular complexity index is 1000. The van der Waals surface area contributed by atoms with Crippen LogP contribution in [0.3, 0.4) is 0 Å². The molecule has 166 valence electrons. The summed E-state index contributed by atoms with van der Waals surface area (Å²) in [6.07, 6.45) is -4.74. The Hall–Kier alpha value is -2.43. The molecule has 0 spiro atoms. The highest BCUT2D eigenvalue weighted by atomic mass is 35.5. The molecule has 2 aromatic carbocycles. The molecule has 3 rings (SSSR count). The molecular formula is C19H16Cl2F3N3O3S. The molecule has 0 bridgehead atoms. The average molecular weight is 494 g/mol. The molecule has 0 radical (unpaired) electrons. The zero-order chi connectivity index (χ0) is 21.9. The van der Waals surface area contributed by atoms with E-state index in [0.29, 0.717) is 11.4 Å². The number of hydrogen-bond donors (Lipinski definition) is 2. The highest BCUT2D eigenvalue weighted by molar-refractivity contribution is 8.15. The first-order valence-corrected chi connectivity index (χ1v) is 9.78. The third-order valence-electron chi connectivity index (χ3n) is 4.02. The van der Waals surface area contributed by atoms with Gasteiger partial charge in [-0.15, -0.1) is 12.4 Å². The third kappa shape index (κ3) is 6.52. The van der Waals surface area contributed by atoms with Crippen LogP contribution in [0.1, 0.15) is 12.0 Å². The van der Waals surface area contributed by atoms with Crippen molar-refractivity contribution in [2.45, 2.75) is 17.8 Å². The van der Waals surface area contributed by atoms with E-state index in [0.717, 1.165) is 30.0 Å². The van der Waals surface area contributed by atoms with Gasteiger partial charge in [0.05, 0.1) is 29.1 Å². The standard InChI is InChI=1S/C19H15ClF3N3O3S.ClH/c1-29-12-5-3-11(4-6-12)24-18-26-16(27)9-15(30-18)17(28)25-14-8-10(19(21,22)23)2-7-13(14)20;/h2-8,15H,9H2,1H3,(H,25,28)(H,24,26,27);1H. The van der Waals surface area contributed by atoms with E-state index in [-0.39, 0.29) is 34.7 Å². The number of thioether (sulfide) groups is 1. The van der Waals surface area contributed by atoms with Crippen LogP contribution in [0, 0.1) is 0 Å². The van der Waals surface area contributed by atoms with E-state index in [1.807, 2.05) is 0 Å². The Kier molecular flexibility index (Phi) is 8.21. The Balaban J connectivity index is 0.00000341. The van der Waals surface area contributed by atoms with Crippen molar-refractivity contribution < 1.29 is 27.5 Å². The summed E-state index contributed by atoms with van der Waals surface area (Å²) >= 11 is 6.91. The van der Waals surface area contributed by atoms with Crippen molar-refractivity contribution in [3.8, 4) is 5.75 Å². The first-order chi connectivity index (χ1) is 14.2. The van der Waals surface area contributed by atoms with Crippen LogP contribution in [0.2, 0.25) is 5.02 Å². The molecule has 1 fully saturated rings. The molecule has 2 N–H and O–H groups in total. The second-order valence-corrected chi connectivity index (χ2v) is 7.75. The summed E-state index contributed by atoms with van der Waals surface area (Å²) in [5, 5.41) is 4.21. The van der Waals surface area contributed by atoms with Gasteiger partial charge in [-0.2, -0.15) is 13.2 Å². The highest BCUT2D eigenvalue weighted by Gasteiger charge is 2.33. The van der Waals surface area contributed by atoms with Gasteiger partial charge in [0.2, 0.25) is 11.8 Å². The number of nitrogens with one attached hydrogen (secondary N) is 2. The van der Waals surface area contributed by atoms with Gasteiger partial charge < -0.3 is 15.4 Å². The summed E-state index contributed by atoms with van der Waals surface area (Å²) in [5.41, 5.74) is -0.602. The van der Waals surface area contributed by atoms with Crippen molar-refractivity contribution in [2.24, 2.45) is 4.99 Å². The summed E-state index contributed by atoms with van der Waals surface area (Å²) in [7, 11) is 1.53. The molecule has 1 aliphatic rings. The Morgan fingerprint density at radius 2 is 1.94 bits per heavy atom. The number of ether oxygens (including phenoxy) is 1. The van der Waals surface area contributed by atoms with Crippen molar-refractivity contribution in [3.63, 3.8) is 0 Å². The number of methoxy groups -OCH3 is 1. The fourth-order valence-corrected chi connectivity index (χ4v) is 3.70. The molecule has 1 heterocycles. The van der Waals surface area contributed by atoms with Crippen molar-refractivity contribution in [1.82, 2.24) is 5.32 Å². The lowest BCUT2D eigenvalue weighted by atomic mass is 10.2. The minimum atomic E-state index is -4.58. The van der Waals surface area contributed by atoms with E-state index in [1.54, 1.807) is 24.3 Å². The van der Waals surface area contributed by atoms with E-state index >= 15 is 0 Å². The van der Waals surface area contributed by atoms with Gasteiger partial charge in [-0.1, -0.05) is 23.4 Å². The van der Waals surface area contributed by atoms with Gasteiger partial charge in [0.1, 0.15) is 11.0 Å². The number of carbonyl (C=O) groups is 2. The number of rotatable bonds is 4. The maximum atomic E-state index is 12.9. The number of amidine groups is 1. The largest absolute Gasteiger partial charge is 0.497 e. The lowest BCUT2D eigenvalue weighted by Gasteiger charge is -2.22. The molecule has 1 saturated heterocycles. The van der Waals surface area contributed by atoms with Crippen LogP contribution in [0.5, 0.6) is 5.75 Å². The molecule has 0 aromatic heterocycles. The lowest BCUT2D eigenvalue weighted by molar-refractivity contribution is -0.137. The number of aliphatic imine (C=N–C) groups is 1. The second-order valence-electron chi connectivity index (χ2n) is 6.16. The van der Waals surface area contributed by atoms with Crippen molar-refractivity contribution in [3.05, 3.63) is 53.1 Å². The molecule has 1 aliphatic heterocycles. The summed E-state index contributed by atoms with van der Waals surface area (Å²) in [6.45, 7) is 0. The average Bonchev–Trinajstić information content (AvgIpc) is 2.69. The van der Waals surface area contributed by atoms with E-state index in [1.165, 1.54) is 7.11 Å². The van der Waals surface area contributed by atoms with Crippen molar-refractivity contribution >= 4 is 64.1 Å². The fourth-order valence-electron chi connectivity index (χ4n) is 2.53. The molecule has 1 atom stereocenters. The maximum Gasteiger partial charge on any atom is 0.416 e. The van der Waals surface area contributed by atoms with Gasteiger partial charge in [-0.25, -0.2) is 4.99 Å². The van der Waals surface area contributed by atoms with E-state index in [4.69, 9.17) is 16.3 Å². The molecule has 12 heteroatoms. The van der Waals surface area contributed by atoms with Gasteiger partial charge >= 0.3 is 6.18 Å². The summed E-state index contributed by atoms with van der Waals surface area (Å²) < 4.78 is 43.8. The number of hydrogen-bond acceptors (Lipinski definition) is 5. The number of halogens is 5. The molecule has 2 amide bonds. The molecule has 0 aliphatic carbocycles. The SMILES string of the molecule is COc1ccc(N=C2NC(=O)CC(C(=O)Nc3cc(C(F)(F)F)ccc3Cl)S2)cc1.Cl. The van der Waals surface area contributed by atoms with Crippen LogP contribution >= 0.6 is 35.8 Å². The number of anilines is 1. The predicted octanol–water partition coefficient (Wildman–Crippen LogP) is 5.04. The summed E-state index contributed by atoms with van der Waals surface area (Å²) in [5.74, 6) is -0.454. The molecule has 6 nitrogen and oxygen atoms in total. The number of amides is 2. The Morgan fingerprint density at radius 1 is 1.26 bits per heavy atom. The Labute approximate surface area is 191 Å². The molecule has 0 saturated carbocycles. The van der Waals surface area contributed by atoms with Crippen LogP contribution in [-0.4, -0.2) is 29.3 Å². The molecule has 31 heavy (non-hydrogen) atoms. The number of alkyl halides is 3. The third-order valence-corrected chi connectivity index (χ3v) is 5.43. The van der Waals surface area contributed by atoms with Crippen LogP contribution in [0.15, 0.2) is 47.5 Å². The van der Waals surface area contributed by atoms with Crippen LogP contribution in [0.25, 0.3) is 0 Å². The van der Waals surface area contributed by atoms with Crippen molar-refractivity contribution in [1.29, 1.82) is 0 Å². The van der Waals surface area contributed by atoms with Gasteiger partial charge in [0, 0.05) is 6.42 Å². The lowest BCUT2D eigenvalue weighted by Crippen LogP contribution is -2.41. The topological polar surface area (TPSA) is 79.8 Å². The van der Waals surface area contributed by atoms with Gasteiger partial charge in [-0.3, -0.25) is 9.59 Å². The summed E-state index contributed by atoms with van der Waals surface area (Å²) in [6, 6.07) is 9.34. The quantitative estimate of drug-likeness (QED) is 0.625. The number of carbonyl (C=O) groups excluding carboxylic acids is 2.